The molecule has 1 aliphatic heterocycles. The molecule has 0 atom stereocenters. The zero-order valence-electron chi connectivity index (χ0n) is 13.1. The van der Waals surface area contributed by atoms with Crippen molar-refractivity contribution in [3.8, 4) is 0 Å². The second-order valence-electron chi connectivity index (χ2n) is 6.30. The molecule has 1 aromatic carbocycles. The second kappa shape index (κ2) is 6.30. The molecule has 1 aliphatic rings. The summed E-state index contributed by atoms with van der Waals surface area (Å²) in [5.41, 5.74) is 0.693. The SMILES string of the molecule is CC(C)(C)OC(=O)N1CCC(=O)/C(=C/c2ccc(F)cc2)C1. The lowest BCUT2D eigenvalue weighted by molar-refractivity contribution is -0.117. The first-order valence-electron chi connectivity index (χ1n) is 7.22. The zero-order valence-corrected chi connectivity index (χ0v) is 13.1. The third kappa shape index (κ3) is 4.41. The summed E-state index contributed by atoms with van der Waals surface area (Å²) in [6.45, 7) is 5.97. The Morgan fingerprint density at radius 3 is 2.50 bits per heavy atom. The van der Waals surface area contributed by atoms with Crippen LogP contribution in [0.3, 0.4) is 0 Å². The summed E-state index contributed by atoms with van der Waals surface area (Å²) >= 11 is 0. The lowest BCUT2D eigenvalue weighted by Crippen LogP contribution is -2.42. The van der Waals surface area contributed by atoms with Gasteiger partial charge in [0.15, 0.2) is 5.78 Å². The molecule has 5 heteroatoms. The van der Waals surface area contributed by atoms with E-state index in [1.807, 2.05) is 0 Å². The van der Waals surface area contributed by atoms with Crippen molar-refractivity contribution in [1.29, 1.82) is 0 Å². The minimum atomic E-state index is -0.570. The average molecular weight is 305 g/mol. The summed E-state index contributed by atoms with van der Waals surface area (Å²) in [5, 5.41) is 0. The molecule has 0 bridgehead atoms. The van der Waals surface area contributed by atoms with Crippen molar-refractivity contribution in [3.63, 3.8) is 0 Å². The number of hydrogen-bond acceptors (Lipinski definition) is 3. The van der Waals surface area contributed by atoms with E-state index in [1.165, 1.54) is 17.0 Å². The molecule has 0 saturated carbocycles. The van der Waals surface area contributed by atoms with Gasteiger partial charge in [-0.3, -0.25) is 4.79 Å². The smallest absolute Gasteiger partial charge is 0.410 e. The first-order chi connectivity index (χ1) is 10.2. The number of likely N-dealkylation sites (tertiary alicyclic amines) is 1. The maximum atomic E-state index is 12.9. The molecule has 0 aliphatic carbocycles. The molecule has 0 aromatic heterocycles. The highest BCUT2D eigenvalue weighted by Gasteiger charge is 2.28. The molecule has 0 N–H and O–H groups in total. The number of rotatable bonds is 1. The number of halogens is 1. The molecule has 0 unspecified atom stereocenters. The second-order valence-corrected chi connectivity index (χ2v) is 6.30. The number of piperidine rings is 1. The van der Waals surface area contributed by atoms with Crippen LogP contribution in [0.1, 0.15) is 32.8 Å². The van der Waals surface area contributed by atoms with E-state index >= 15 is 0 Å². The van der Waals surface area contributed by atoms with Gasteiger partial charge in [0.25, 0.3) is 0 Å². The summed E-state index contributed by atoms with van der Waals surface area (Å²) in [6.07, 6.45) is 1.54. The number of Topliss-reactive ketones (excluding diaryl/α,β-unsaturated/α-hetero) is 1. The van der Waals surface area contributed by atoms with Gasteiger partial charge in [-0.25, -0.2) is 9.18 Å². The van der Waals surface area contributed by atoms with Crippen molar-refractivity contribution in [1.82, 2.24) is 4.90 Å². The van der Waals surface area contributed by atoms with E-state index in [0.29, 0.717) is 12.1 Å². The number of amides is 1. The molecular weight excluding hydrogens is 285 g/mol. The van der Waals surface area contributed by atoms with E-state index in [0.717, 1.165) is 5.56 Å². The third-order valence-corrected chi connectivity index (χ3v) is 3.19. The van der Waals surface area contributed by atoms with Crippen molar-refractivity contribution in [2.24, 2.45) is 0 Å². The molecule has 2 rings (SSSR count). The number of nitrogens with zero attached hydrogens (tertiary/aromatic N) is 1. The van der Waals surface area contributed by atoms with Gasteiger partial charge in [-0.1, -0.05) is 12.1 Å². The van der Waals surface area contributed by atoms with Gasteiger partial charge in [-0.15, -0.1) is 0 Å². The van der Waals surface area contributed by atoms with Gasteiger partial charge in [0, 0.05) is 18.5 Å². The number of benzene rings is 1. The third-order valence-electron chi connectivity index (χ3n) is 3.19. The van der Waals surface area contributed by atoms with Gasteiger partial charge in [0.2, 0.25) is 0 Å². The largest absolute Gasteiger partial charge is 0.444 e. The topological polar surface area (TPSA) is 46.6 Å². The van der Waals surface area contributed by atoms with Gasteiger partial charge >= 0.3 is 6.09 Å². The Hall–Kier alpha value is -2.17. The number of carbonyl (C=O) groups excluding carboxylic acids is 2. The lowest BCUT2D eigenvalue weighted by atomic mass is 10.0. The molecule has 0 spiro atoms. The van der Waals surface area contributed by atoms with Crippen molar-refractivity contribution >= 4 is 18.0 Å². The summed E-state index contributed by atoms with van der Waals surface area (Å²) in [5.74, 6) is -0.323. The van der Waals surface area contributed by atoms with Crippen molar-refractivity contribution < 1.29 is 18.7 Å². The van der Waals surface area contributed by atoms with Gasteiger partial charge in [-0.05, 0) is 44.5 Å². The zero-order chi connectivity index (χ0) is 16.3. The quantitative estimate of drug-likeness (QED) is 0.747. The van der Waals surface area contributed by atoms with Crippen molar-refractivity contribution in [3.05, 3.63) is 41.2 Å². The normalized spacial score (nSPS) is 17.7. The molecule has 1 fully saturated rings. The van der Waals surface area contributed by atoms with Crippen LogP contribution in [0.5, 0.6) is 0 Å². The van der Waals surface area contributed by atoms with Crippen LogP contribution in [0.2, 0.25) is 0 Å². The van der Waals surface area contributed by atoms with Crippen molar-refractivity contribution in [2.45, 2.75) is 32.8 Å². The van der Waals surface area contributed by atoms with Gasteiger partial charge < -0.3 is 9.64 Å². The highest BCUT2D eigenvalue weighted by Crippen LogP contribution is 2.19. The number of carbonyl (C=O) groups is 2. The van der Waals surface area contributed by atoms with Gasteiger partial charge in [-0.2, -0.15) is 0 Å². The Morgan fingerprint density at radius 1 is 1.27 bits per heavy atom. The Bertz CT molecular complexity index is 599. The molecule has 118 valence electrons. The van der Waals surface area contributed by atoms with E-state index in [1.54, 1.807) is 39.0 Å². The van der Waals surface area contributed by atoms with Crippen LogP contribution >= 0.6 is 0 Å². The summed E-state index contributed by atoms with van der Waals surface area (Å²) < 4.78 is 18.2. The van der Waals surface area contributed by atoms with Crippen LogP contribution in [-0.4, -0.2) is 35.5 Å². The molecule has 1 amide bonds. The standard InChI is InChI=1S/C17H20FNO3/c1-17(2,3)22-16(21)19-9-8-15(20)13(11-19)10-12-4-6-14(18)7-5-12/h4-7,10H,8-9,11H2,1-3H3/b13-10+. The Balaban J connectivity index is 2.12. The molecule has 1 aromatic rings. The Labute approximate surface area is 129 Å². The summed E-state index contributed by atoms with van der Waals surface area (Å²) in [6, 6.07) is 5.88. The Kier molecular flexibility index (Phi) is 4.64. The molecule has 1 saturated heterocycles. The van der Waals surface area contributed by atoms with Crippen LogP contribution in [0.4, 0.5) is 9.18 Å². The monoisotopic (exact) mass is 305 g/mol. The predicted octanol–water partition coefficient (Wildman–Crippen LogP) is 3.42. The van der Waals surface area contributed by atoms with Crippen molar-refractivity contribution in [2.75, 3.05) is 13.1 Å². The van der Waals surface area contributed by atoms with Crippen LogP contribution in [0.25, 0.3) is 6.08 Å². The number of ether oxygens (including phenoxy) is 1. The summed E-state index contributed by atoms with van der Waals surface area (Å²) in [4.78, 5) is 25.6. The van der Waals surface area contributed by atoms with Crippen LogP contribution < -0.4 is 0 Å². The molecular formula is C17H20FNO3. The highest BCUT2D eigenvalue weighted by atomic mass is 19.1. The maximum Gasteiger partial charge on any atom is 0.410 e. The molecule has 0 radical (unpaired) electrons. The van der Waals surface area contributed by atoms with E-state index in [-0.39, 0.29) is 24.6 Å². The van der Waals surface area contributed by atoms with Gasteiger partial charge in [0.05, 0.1) is 6.54 Å². The van der Waals surface area contributed by atoms with Crippen LogP contribution in [0.15, 0.2) is 29.8 Å². The predicted molar refractivity (Wildman–Crippen MR) is 81.8 cm³/mol. The number of ketones is 1. The lowest BCUT2D eigenvalue weighted by Gasteiger charge is -2.30. The minimum absolute atomic E-state index is 0.00383. The number of hydrogen-bond donors (Lipinski definition) is 0. The first-order valence-corrected chi connectivity index (χ1v) is 7.22. The van der Waals surface area contributed by atoms with Gasteiger partial charge in [0.1, 0.15) is 11.4 Å². The Morgan fingerprint density at radius 2 is 1.91 bits per heavy atom. The fraction of sp³-hybridized carbons (Fsp3) is 0.412. The average Bonchev–Trinajstić information content (AvgIpc) is 2.41. The van der Waals surface area contributed by atoms with E-state index in [4.69, 9.17) is 4.74 Å². The molecule has 22 heavy (non-hydrogen) atoms. The fourth-order valence-corrected chi connectivity index (χ4v) is 2.14. The summed E-state index contributed by atoms with van der Waals surface area (Å²) in [7, 11) is 0. The molecule has 1 heterocycles. The minimum Gasteiger partial charge on any atom is -0.444 e. The van der Waals surface area contributed by atoms with E-state index in [9.17, 15) is 14.0 Å². The van der Waals surface area contributed by atoms with E-state index < -0.39 is 11.7 Å². The first kappa shape index (κ1) is 16.2. The van der Waals surface area contributed by atoms with Crippen LogP contribution in [0, 0.1) is 5.82 Å². The fourth-order valence-electron chi connectivity index (χ4n) is 2.14. The van der Waals surface area contributed by atoms with E-state index in [2.05, 4.69) is 0 Å². The van der Waals surface area contributed by atoms with Crippen LogP contribution in [-0.2, 0) is 9.53 Å². The molecule has 4 nitrogen and oxygen atoms in total. The maximum absolute atomic E-state index is 12.9. The highest BCUT2D eigenvalue weighted by molar-refractivity contribution is 6.01.